The Morgan fingerprint density at radius 1 is 1.39 bits per heavy atom. The molecule has 7 heteroatoms. The minimum absolute atomic E-state index is 0.0428. The van der Waals surface area contributed by atoms with Gasteiger partial charge in [0, 0.05) is 32.7 Å². The molecule has 0 unspecified atom stereocenters. The number of aliphatic carboxylic acids is 1. The van der Waals surface area contributed by atoms with Gasteiger partial charge in [-0.25, -0.2) is 4.98 Å². The van der Waals surface area contributed by atoms with Crippen LogP contribution in [0.15, 0.2) is 5.38 Å². The summed E-state index contributed by atoms with van der Waals surface area (Å²) in [6.07, 6.45) is -0.0428. The zero-order valence-corrected chi connectivity index (χ0v) is 11.4. The predicted octanol–water partition coefficient (Wildman–Crippen LogP) is 0.869. The molecule has 1 rings (SSSR count). The average molecular weight is 274 g/mol. The Morgan fingerprint density at radius 2 is 2.00 bits per heavy atom. The van der Waals surface area contributed by atoms with E-state index in [0.29, 0.717) is 32.0 Å². The van der Waals surface area contributed by atoms with Gasteiger partial charge in [0.1, 0.15) is 0 Å². The molecule has 0 aliphatic rings. The zero-order valence-electron chi connectivity index (χ0n) is 10.6. The lowest BCUT2D eigenvalue weighted by atomic mass is 10.3. The Balaban J connectivity index is 2.64. The summed E-state index contributed by atoms with van der Waals surface area (Å²) in [6, 6.07) is 0. The van der Waals surface area contributed by atoms with Crippen molar-refractivity contribution in [1.82, 2.24) is 4.98 Å². The lowest BCUT2D eigenvalue weighted by molar-refractivity contribution is -0.136. The second kappa shape index (κ2) is 8.02. The number of anilines is 1. The highest BCUT2D eigenvalue weighted by Crippen LogP contribution is 2.20. The average Bonchev–Trinajstić information content (AvgIpc) is 2.77. The number of aromatic nitrogens is 1. The second-order valence-electron chi connectivity index (χ2n) is 3.66. The van der Waals surface area contributed by atoms with Gasteiger partial charge in [0.25, 0.3) is 0 Å². The Labute approximate surface area is 110 Å². The number of carbonyl (C=O) groups is 1. The number of carboxylic acids is 1. The monoisotopic (exact) mass is 274 g/mol. The van der Waals surface area contributed by atoms with E-state index in [9.17, 15) is 4.79 Å². The minimum Gasteiger partial charge on any atom is -0.481 e. The SMILES string of the molecule is COCCN(CCOC)c1nc(CC(=O)O)cs1. The molecule has 0 aromatic carbocycles. The van der Waals surface area contributed by atoms with Crippen molar-refractivity contribution in [2.75, 3.05) is 45.4 Å². The van der Waals surface area contributed by atoms with Gasteiger partial charge in [0.05, 0.1) is 25.3 Å². The maximum Gasteiger partial charge on any atom is 0.309 e. The maximum atomic E-state index is 10.6. The van der Waals surface area contributed by atoms with Crippen LogP contribution in [0.2, 0.25) is 0 Å². The number of hydrogen-bond donors (Lipinski definition) is 1. The highest BCUT2D eigenvalue weighted by atomic mass is 32.1. The number of thiazole rings is 1. The highest BCUT2D eigenvalue weighted by Gasteiger charge is 2.12. The summed E-state index contributed by atoms with van der Waals surface area (Å²) in [7, 11) is 3.29. The Morgan fingerprint density at radius 3 is 2.50 bits per heavy atom. The molecule has 1 heterocycles. The van der Waals surface area contributed by atoms with Crippen LogP contribution < -0.4 is 4.90 Å². The first-order valence-corrected chi connectivity index (χ1v) is 6.44. The Bertz CT molecular complexity index is 362. The molecule has 1 aromatic heterocycles. The summed E-state index contributed by atoms with van der Waals surface area (Å²) in [5, 5.41) is 11.3. The number of nitrogens with zero attached hydrogens (tertiary/aromatic N) is 2. The summed E-state index contributed by atoms with van der Waals surface area (Å²) < 4.78 is 10.1. The number of hydrogen-bond acceptors (Lipinski definition) is 6. The third kappa shape index (κ3) is 4.99. The van der Waals surface area contributed by atoms with E-state index in [1.807, 2.05) is 4.90 Å². The van der Waals surface area contributed by atoms with Crippen LogP contribution in [0.1, 0.15) is 5.69 Å². The molecule has 0 saturated carbocycles. The third-order valence-corrected chi connectivity index (χ3v) is 3.22. The molecule has 1 N–H and O–H groups in total. The molecular formula is C11H18N2O4S. The van der Waals surface area contributed by atoms with E-state index in [0.717, 1.165) is 5.13 Å². The van der Waals surface area contributed by atoms with Crippen molar-refractivity contribution in [1.29, 1.82) is 0 Å². The van der Waals surface area contributed by atoms with Crippen molar-refractivity contribution >= 4 is 22.4 Å². The fourth-order valence-corrected chi connectivity index (χ4v) is 2.26. The van der Waals surface area contributed by atoms with Crippen LogP contribution in [-0.4, -0.2) is 56.6 Å². The summed E-state index contributed by atoms with van der Waals surface area (Å²) in [6.45, 7) is 2.61. The molecule has 0 spiro atoms. The van der Waals surface area contributed by atoms with Gasteiger partial charge in [-0.3, -0.25) is 4.79 Å². The smallest absolute Gasteiger partial charge is 0.309 e. The molecule has 1 aromatic rings. The van der Waals surface area contributed by atoms with Crippen molar-refractivity contribution < 1.29 is 19.4 Å². The molecule has 18 heavy (non-hydrogen) atoms. The van der Waals surface area contributed by atoms with Crippen molar-refractivity contribution in [3.8, 4) is 0 Å². The molecule has 0 radical (unpaired) electrons. The first-order valence-electron chi connectivity index (χ1n) is 5.56. The first-order chi connectivity index (χ1) is 8.67. The summed E-state index contributed by atoms with van der Waals surface area (Å²) >= 11 is 1.44. The van der Waals surface area contributed by atoms with Crippen LogP contribution in [0.3, 0.4) is 0 Å². The molecule has 102 valence electrons. The van der Waals surface area contributed by atoms with Gasteiger partial charge in [-0.2, -0.15) is 0 Å². The van der Waals surface area contributed by atoms with Gasteiger partial charge in [-0.05, 0) is 0 Å². The van der Waals surface area contributed by atoms with Crippen LogP contribution in [-0.2, 0) is 20.7 Å². The molecule has 6 nitrogen and oxygen atoms in total. The van der Waals surface area contributed by atoms with E-state index in [1.165, 1.54) is 11.3 Å². The Hall–Kier alpha value is -1.18. The van der Waals surface area contributed by atoms with Crippen molar-refractivity contribution in [3.05, 3.63) is 11.1 Å². The van der Waals surface area contributed by atoms with Gasteiger partial charge in [-0.15, -0.1) is 11.3 Å². The number of ether oxygens (including phenoxy) is 2. The quantitative estimate of drug-likeness (QED) is 0.720. The van der Waals surface area contributed by atoms with Crippen LogP contribution in [0.4, 0.5) is 5.13 Å². The van der Waals surface area contributed by atoms with E-state index in [1.54, 1.807) is 19.6 Å². The third-order valence-electron chi connectivity index (χ3n) is 2.27. The van der Waals surface area contributed by atoms with Gasteiger partial charge in [0.15, 0.2) is 5.13 Å². The van der Waals surface area contributed by atoms with Crippen molar-refractivity contribution in [3.63, 3.8) is 0 Å². The van der Waals surface area contributed by atoms with Gasteiger partial charge >= 0.3 is 5.97 Å². The molecule has 0 aliphatic heterocycles. The van der Waals surface area contributed by atoms with Crippen molar-refractivity contribution in [2.45, 2.75) is 6.42 Å². The zero-order chi connectivity index (χ0) is 13.4. The topological polar surface area (TPSA) is 71.9 Å². The van der Waals surface area contributed by atoms with Crippen molar-refractivity contribution in [2.24, 2.45) is 0 Å². The Kier molecular flexibility index (Phi) is 6.63. The highest BCUT2D eigenvalue weighted by molar-refractivity contribution is 7.13. The predicted molar refractivity (Wildman–Crippen MR) is 69.4 cm³/mol. The molecule has 0 amide bonds. The van der Waals surface area contributed by atoms with Crippen LogP contribution in [0.5, 0.6) is 0 Å². The van der Waals surface area contributed by atoms with E-state index in [2.05, 4.69) is 4.98 Å². The molecule has 0 fully saturated rings. The maximum absolute atomic E-state index is 10.6. The van der Waals surface area contributed by atoms with Gasteiger partial charge in [0.2, 0.25) is 0 Å². The minimum atomic E-state index is -0.868. The number of carboxylic acid groups (broad SMARTS) is 1. The summed E-state index contributed by atoms with van der Waals surface area (Å²) in [4.78, 5) is 16.9. The largest absolute Gasteiger partial charge is 0.481 e. The van der Waals surface area contributed by atoms with E-state index < -0.39 is 5.97 Å². The summed E-state index contributed by atoms with van der Waals surface area (Å²) in [5.74, 6) is -0.868. The normalized spacial score (nSPS) is 10.6. The van der Waals surface area contributed by atoms with E-state index in [4.69, 9.17) is 14.6 Å². The van der Waals surface area contributed by atoms with Gasteiger partial charge < -0.3 is 19.5 Å². The molecule has 0 saturated heterocycles. The lowest BCUT2D eigenvalue weighted by Gasteiger charge is -2.20. The van der Waals surface area contributed by atoms with Crippen LogP contribution in [0.25, 0.3) is 0 Å². The number of methoxy groups -OCH3 is 2. The van der Waals surface area contributed by atoms with Gasteiger partial charge in [-0.1, -0.05) is 0 Å². The fraction of sp³-hybridized carbons (Fsp3) is 0.636. The molecule has 0 atom stereocenters. The summed E-state index contributed by atoms with van der Waals surface area (Å²) in [5.41, 5.74) is 0.585. The molecule has 0 aliphatic carbocycles. The number of rotatable bonds is 9. The lowest BCUT2D eigenvalue weighted by Crippen LogP contribution is -2.30. The van der Waals surface area contributed by atoms with Crippen LogP contribution in [0, 0.1) is 0 Å². The van der Waals surface area contributed by atoms with E-state index >= 15 is 0 Å². The van der Waals surface area contributed by atoms with E-state index in [-0.39, 0.29) is 6.42 Å². The fourth-order valence-electron chi connectivity index (χ4n) is 1.38. The molecule has 0 bridgehead atoms. The van der Waals surface area contributed by atoms with Crippen LogP contribution >= 0.6 is 11.3 Å². The first kappa shape index (κ1) is 14.9. The molecular weight excluding hydrogens is 256 g/mol. The second-order valence-corrected chi connectivity index (χ2v) is 4.50. The standard InChI is InChI=1S/C11H18N2O4S/c1-16-5-3-13(4-6-17-2)11-12-9(8-18-11)7-10(14)15/h8H,3-7H2,1-2H3,(H,14,15).